The van der Waals surface area contributed by atoms with Gasteiger partial charge in [0.05, 0.1) is 30.0 Å². The topological polar surface area (TPSA) is 51.2 Å². The molecule has 0 unspecified atom stereocenters. The number of ether oxygens (including phenoxy) is 1. The maximum atomic E-state index is 11.9. The van der Waals surface area contributed by atoms with Crippen molar-refractivity contribution in [2.45, 2.75) is 13.0 Å². The SMILES string of the molecule is O=C(NCc1nc2ccccc2s1)C1=CCCOC1. The zero-order valence-electron chi connectivity index (χ0n) is 10.4. The predicted octanol–water partition coefficient (Wildman–Crippen LogP) is 2.26. The second kappa shape index (κ2) is 5.50. The molecule has 1 aromatic carbocycles. The maximum Gasteiger partial charge on any atom is 0.249 e. The van der Waals surface area contributed by atoms with Crippen molar-refractivity contribution in [2.24, 2.45) is 0 Å². The molecule has 1 N–H and O–H groups in total. The van der Waals surface area contributed by atoms with Crippen LogP contribution in [0.4, 0.5) is 0 Å². The van der Waals surface area contributed by atoms with E-state index in [1.807, 2.05) is 30.3 Å². The average molecular weight is 274 g/mol. The summed E-state index contributed by atoms with van der Waals surface area (Å²) in [5.41, 5.74) is 1.70. The number of nitrogens with zero attached hydrogens (tertiary/aromatic N) is 1. The molecule has 0 saturated heterocycles. The van der Waals surface area contributed by atoms with Crippen LogP contribution < -0.4 is 5.32 Å². The summed E-state index contributed by atoms with van der Waals surface area (Å²) >= 11 is 1.61. The summed E-state index contributed by atoms with van der Waals surface area (Å²) in [5, 5.41) is 3.81. The molecule has 19 heavy (non-hydrogen) atoms. The van der Waals surface area contributed by atoms with E-state index in [9.17, 15) is 4.79 Å². The zero-order chi connectivity index (χ0) is 13.1. The number of carbonyl (C=O) groups is 1. The number of aromatic nitrogens is 1. The molecule has 0 spiro atoms. The van der Waals surface area contributed by atoms with E-state index in [1.165, 1.54) is 0 Å². The molecule has 1 aromatic heterocycles. The van der Waals surface area contributed by atoms with Crippen molar-refractivity contribution in [1.82, 2.24) is 10.3 Å². The molecule has 4 nitrogen and oxygen atoms in total. The van der Waals surface area contributed by atoms with Crippen LogP contribution in [0.1, 0.15) is 11.4 Å². The largest absolute Gasteiger partial charge is 0.376 e. The summed E-state index contributed by atoms with van der Waals surface area (Å²) in [7, 11) is 0. The Hall–Kier alpha value is -1.72. The molecule has 5 heteroatoms. The monoisotopic (exact) mass is 274 g/mol. The van der Waals surface area contributed by atoms with E-state index in [4.69, 9.17) is 4.74 Å². The number of hydrogen-bond donors (Lipinski definition) is 1. The van der Waals surface area contributed by atoms with Gasteiger partial charge in [0, 0.05) is 5.57 Å². The molecular formula is C14H14N2O2S. The fraction of sp³-hybridized carbons (Fsp3) is 0.286. The fourth-order valence-corrected chi connectivity index (χ4v) is 2.89. The number of hydrogen-bond acceptors (Lipinski definition) is 4. The predicted molar refractivity (Wildman–Crippen MR) is 75.0 cm³/mol. The second-order valence-corrected chi connectivity index (χ2v) is 5.44. The molecule has 0 fully saturated rings. The van der Waals surface area contributed by atoms with Gasteiger partial charge in [0.15, 0.2) is 0 Å². The van der Waals surface area contributed by atoms with E-state index in [0.29, 0.717) is 25.3 Å². The van der Waals surface area contributed by atoms with Gasteiger partial charge in [-0.15, -0.1) is 11.3 Å². The van der Waals surface area contributed by atoms with Crippen molar-refractivity contribution in [3.63, 3.8) is 0 Å². The summed E-state index contributed by atoms with van der Waals surface area (Å²) in [6.45, 7) is 1.58. The summed E-state index contributed by atoms with van der Waals surface area (Å²) in [5.74, 6) is -0.0565. The van der Waals surface area contributed by atoms with E-state index >= 15 is 0 Å². The maximum absolute atomic E-state index is 11.9. The number of amides is 1. The number of rotatable bonds is 3. The van der Waals surface area contributed by atoms with Crippen molar-refractivity contribution in [1.29, 1.82) is 0 Å². The lowest BCUT2D eigenvalue weighted by molar-refractivity contribution is -0.118. The van der Waals surface area contributed by atoms with E-state index in [1.54, 1.807) is 11.3 Å². The number of carbonyl (C=O) groups excluding carboxylic acids is 1. The summed E-state index contributed by atoms with van der Waals surface area (Å²) in [6.07, 6.45) is 2.75. The highest BCUT2D eigenvalue weighted by Crippen LogP contribution is 2.21. The molecule has 0 bridgehead atoms. The first-order chi connectivity index (χ1) is 9.33. The molecule has 2 aromatic rings. The molecule has 0 atom stereocenters. The summed E-state index contributed by atoms with van der Waals surface area (Å²) < 4.78 is 6.41. The lowest BCUT2D eigenvalue weighted by Crippen LogP contribution is -2.27. The van der Waals surface area contributed by atoms with Crippen LogP contribution in [0.15, 0.2) is 35.9 Å². The van der Waals surface area contributed by atoms with Crippen LogP contribution in [0.2, 0.25) is 0 Å². The van der Waals surface area contributed by atoms with Gasteiger partial charge in [0.1, 0.15) is 5.01 Å². The Morgan fingerprint density at radius 3 is 3.11 bits per heavy atom. The third-order valence-corrected chi connectivity index (χ3v) is 3.98. The minimum atomic E-state index is -0.0565. The van der Waals surface area contributed by atoms with Crippen LogP contribution in [0, 0.1) is 0 Å². The Kier molecular flexibility index (Phi) is 3.57. The average Bonchev–Trinajstić information content (AvgIpc) is 2.88. The molecule has 3 rings (SSSR count). The van der Waals surface area contributed by atoms with E-state index < -0.39 is 0 Å². The lowest BCUT2D eigenvalue weighted by atomic mass is 10.2. The van der Waals surface area contributed by atoms with Crippen LogP contribution in [0.25, 0.3) is 10.2 Å². The van der Waals surface area contributed by atoms with E-state index in [-0.39, 0.29) is 5.91 Å². The van der Waals surface area contributed by atoms with Crippen molar-refractivity contribution < 1.29 is 9.53 Å². The third-order valence-electron chi connectivity index (χ3n) is 2.94. The fourth-order valence-electron chi connectivity index (χ4n) is 1.98. The van der Waals surface area contributed by atoms with Gasteiger partial charge in [-0.25, -0.2) is 4.98 Å². The minimum Gasteiger partial charge on any atom is -0.376 e. The lowest BCUT2D eigenvalue weighted by Gasteiger charge is -2.12. The van der Waals surface area contributed by atoms with Gasteiger partial charge in [-0.3, -0.25) is 4.79 Å². The van der Waals surface area contributed by atoms with Crippen molar-refractivity contribution >= 4 is 27.5 Å². The van der Waals surface area contributed by atoms with E-state index in [0.717, 1.165) is 21.6 Å². The van der Waals surface area contributed by atoms with Crippen LogP contribution in [-0.2, 0) is 16.1 Å². The Bertz CT molecular complexity index is 600. The van der Waals surface area contributed by atoms with Crippen molar-refractivity contribution in [2.75, 3.05) is 13.2 Å². The number of benzene rings is 1. The highest BCUT2D eigenvalue weighted by molar-refractivity contribution is 7.18. The first-order valence-electron chi connectivity index (χ1n) is 6.22. The number of fused-ring (bicyclic) bond motifs is 1. The molecule has 0 saturated carbocycles. The first kappa shape index (κ1) is 12.3. The highest BCUT2D eigenvalue weighted by Gasteiger charge is 2.13. The number of nitrogens with one attached hydrogen (secondary N) is 1. The van der Waals surface area contributed by atoms with Gasteiger partial charge in [-0.2, -0.15) is 0 Å². The van der Waals surface area contributed by atoms with Crippen LogP contribution in [0.5, 0.6) is 0 Å². The van der Waals surface area contributed by atoms with Crippen LogP contribution in [0.3, 0.4) is 0 Å². The Morgan fingerprint density at radius 2 is 2.32 bits per heavy atom. The van der Waals surface area contributed by atoms with Crippen LogP contribution in [-0.4, -0.2) is 24.1 Å². The van der Waals surface area contributed by atoms with E-state index in [2.05, 4.69) is 10.3 Å². The molecule has 1 amide bonds. The highest BCUT2D eigenvalue weighted by atomic mass is 32.1. The molecule has 2 heterocycles. The van der Waals surface area contributed by atoms with Crippen molar-refractivity contribution in [3.05, 3.63) is 40.9 Å². The van der Waals surface area contributed by atoms with Crippen LogP contribution >= 0.6 is 11.3 Å². The molecule has 0 aliphatic carbocycles. The molecule has 1 aliphatic rings. The quantitative estimate of drug-likeness (QED) is 0.934. The Balaban J connectivity index is 1.65. The van der Waals surface area contributed by atoms with Gasteiger partial charge in [-0.1, -0.05) is 18.2 Å². The van der Waals surface area contributed by atoms with Gasteiger partial charge in [0.25, 0.3) is 0 Å². The second-order valence-electron chi connectivity index (χ2n) is 4.33. The van der Waals surface area contributed by atoms with Gasteiger partial charge >= 0.3 is 0 Å². The number of thiazole rings is 1. The molecule has 98 valence electrons. The molecule has 1 aliphatic heterocycles. The zero-order valence-corrected chi connectivity index (χ0v) is 11.2. The number of para-hydroxylation sites is 1. The standard InChI is InChI=1S/C14H14N2O2S/c17-14(10-4-3-7-18-9-10)15-8-13-16-11-5-1-2-6-12(11)19-13/h1-2,4-6H,3,7-9H2,(H,15,17). The summed E-state index contributed by atoms with van der Waals surface area (Å²) in [4.78, 5) is 16.4. The smallest absolute Gasteiger partial charge is 0.249 e. The first-order valence-corrected chi connectivity index (χ1v) is 7.04. The third kappa shape index (κ3) is 2.83. The van der Waals surface area contributed by atoms with Gasteiger partial charge in [0.2, 0.25) is 5.91 Å². The molecular weight excluding hydrogens is 260 g/mol. The van der Waals surface area contributed by atoms with Crippen molar-refractivity contribution in [3.8, 4) is 0 Å². The normalized spacial score (nSPS) is 15.3. The Morgan fingerprint density at radius 1 is 1.42 bits per heavy atom. The molecule has 0 radical (unpaired) electrons. The van der Waals surface area contributed by atoms with Gasteiger partial charge in [-0.05, 0) is 18.6 Å². The van der Waals surface area contributed by atoms with Gasteiger partial charge < -0.3 is 10.1 Å². The summed E-state index contributed by atoms with van der Waals surface area (Å²) in [6, 6.07) is 7.98. The minimum absolute atomic E-state index is 0.0565. The Labute approximate surface area is 115 Å².